The Morgan fingerprint density at radius 1 is 1.40 bits per heavy atom. The molecule has 1 aromatic carbocycles. The van der Waals surface area contributed by atoms with Gasteiger partial charge in [-0.05, 0) is 32.4 Å². The maximum absolute atomic E-state index is 5.72. The fraction of sp³-hybridized carbons (Fsp3) is 0.417. The Morgan fingerprint density at radius 2 is 2.13 bits per heavy atom. The quantitative estimate of drug-likeness (QED) is 0.814. The van der Waals surface area contributed by atoms with Gasteiger partial charge in [-0.3, -0.25) is 0 Å². The minimum Gasteiger partial charge on any atom is -0.324 e. The topological polar surface area (TPSA) is 43.8 Å². The summed E-state index contributed by atoms with van der Waals surface area (Å²) >= 11 is 0. The smallest absolute Gasteiger partial charge is 0.123 e. The minimum atomic E-state index is 0.398. The molecule has 15 heavy (non-hydrogen) atoms. The number of rotatable bonds is 2. The van der Waals surface area contributed by atoms with Crippen molar-refractivity contribution in [1.82, 2.24) is 9.55 Å². The molecular weight excluding hydrogens is 186 g/mol. The summed E-state index contributed by atoms with van der Waals surface area (Å²) in [6.45, 7) is 6.93. The van der Waals surface area contributed by atoms with Crippen LogP contribution in [0.25, 0.3) is 11.0 Å². The van der Waals surface area contributed by atoms with Gasteiger partial charge in [0.15, 0.2) is 0 Å². The van der Waals surface area contributed by atoms with E-state index in [1.807, 2.05) is 12.1 Å². The molecule has 0 saturated heterocycles. The van der Waals surface area contributed by atoms with Gasteiger partial charge in [-0.15, -0.1) is 0 Å². The standard InChI is InChI=1S/C12H17N3/c1-8(2)15-11(7-13)14-10-6-4-5-9(3)12(10)15/h4-6,8H,7,13H2,1-3H3. The lowest BCUT2D eigenvalue weighted by Crippen LogP contribution is -2.10. The van der Waals surface area contributed by atoms with Crippen molar-refractivity contribution >= 4 is 11.0 Å². The van der Waals surface area contributed by atoms with E-state index in [2.05, 4.69) is 36.4 Å². The van der Waals surface area contributed by atoms with Gasteiger partial charge in [0.2, 0.25) is 0 Å². The number of imidazole rings is 1. The first-order valence-electron chi connectivity index (χ1n) is 5.31. The average molecular weight is 203 g/mol. The van der Waals surface area contributed by atoms with Gasteiger partial charge in [-0.25, -0.2) is 4.98 Å². The van der Waals surface area contributed by atoms with Crippen LogP contribution in [-0.4, -0.2) is 9.55 Å². The van der Waals surface area contributed by atoms with Crippen molar-refractivity contribution in [2.24, 2.45) is 5.73 Å². The molecule has 0 atom stereocenters. The molecule has 0 unspecified atom stereocenters. The molecule has 0 fully saturated rings. The highest BCUT2D eigenvalue weighted by Crippen LogP contribution is 2.23. The van der Waals surface area contributed by atoms with Crippen molar-refractivity contribution in [1.29, 1.82) is 0 Å². The molecule has 80 valence electrons. The number of nitrogens with zero attached hydrogens (tertiary/aromatic N) is 2. The van der Waals surface area contributed by atoms with E-state index in [-0.39, 0.29) is 0 Å². The van der Waals surface area contributed by atoms with Crippen molar-refractivity contribution in [2.45, 2.75) is 33.4 Å². The van der Waals surface area contributed by atoms with E-state index in [0.717, 1.165) is 11.3 Å². The lowest BCUT2D eigenvalue weighted by molar-refractivity contribution is 0.584. The number of nitrogens with two attached hydrogens (primary N) is 1. The number of hydrogen-bond acceptors (Lipinski definition) is 2. The van der Waals surface area contributed by atoms with E-state index >= 15 is 0 Å². The summed E-state index contributed by atoms with van der Waals surface area (Å²) in [5.74, 6) is 0.967. The summed E-state index contributed by atoms with van der Waals surface area (Å²) in [6.07, 6.45) is 0. The second-order valence-electron chi connectivity index (χ2n) is 4.14. The van der Waals surface area contributed by atoms with Gasteiger partial charge >= 0.3 is 0 Å². The van der Waals surface area contributed by atoms with Crippen LogP contribution in [0.5, 0.6) is 0 Å². The first-order valence-corrected chi connectivity index (χ1v) is 5.31. The molecule has 0 aliphatic rings. The molecular formula is C12H17N3. The normalized spacial score (nSPS) is 11.5. The van der Waals surface area contributed by atoms with Crippen LogP contribution in [0.4, 0.5) is 0 Å². The van der Waals surface area contributed by atoms with Crippen molar-refractivity contribution < 1.29 is 0 Å². The Bertz CT molecular complexity index is 483. The predicted molar refractivity (Wildman–Crippen MR) is 62.7 cm³/mol. The van der Waals surface area contributed by atoms with E-state index in [1.165, 1.54) is 11.1 Å². The molecule has 0 bridgehead atoms. The van der Waals surface area contributed by atoms with Gasteiger partial charge in [0.05, 0.1) is 17.6 Å². The van der Waals surface area contributed by atoms with E-state index < -0.39 is 0 Å². The fourth-order valence-electron chi connectivity index (χ4n) is 2.07. The lowest BCUT2D eigenvalue weighted by atomic mass is 10.2. The summed E-state index contributed by atoms with van der Waals surface area (Å²) in [6, 6.07) is 6.59. The van der Waals surface area contributed by atoms with E-state index in [0.29, 0.717) is 12.6 Å². The third-order valence-electron chi connectivity index (χ3n) is 2.68. The highest BCUT2D eigenvalue weighted by Gasteiger charge is 2.12. The van der Waals surface area contributed by atoms with Gasteiger partial charge in [0.25, 0.3) is 0 Å². The minimum absolute atomic E-state index is 0.398. The van der Waals surface area contributed by atoms with Gasteiger partial charge < -0.3 is 10.3 Å². The molecule has 0 radical (unpaired) electrons. The fourth-order valence-corrected chi connectivity index (χ4v) is 2.07. The van der Waals surface area contributed by atoms with Crippen LogP contribution in [-0.2, 0) is 6.54 Å². The van der Waals surface area contributed by atoms with Gasteiger partial charge in [-0.2, -0.15) is 0 Å². The number of fused-ring (bicyclic) bond motifs is 1. The number of aromatic nitrogens is 2. The third kappa shape index (κ3) is 1.53. The van der Waals surface area contributed by atoms with Crippen molar-refractivity contribution in [2.75, 3.05) is 0 Å². The summed E-state index contributed by atoms with van der Waals surface area (Å²) in [4.78, 5) is 4.55. The van der Waals surface area contributed by atoms with E-state index in [4.69, 9.17) is 5.73 Å². The molecule has 3 heteroatoms. The molecule has 0 spiro atoms. The molecule has 0 aliphatic carbocycles. The van der Waals surface area contributed by atoms with Crippen LogP contribution >= 0.6 is 0 Å². The van der Waals surface area contributed by atoms with Crippen molar-refractivity contribution in [3.8, 4) is 0 Å². The first kappa shape index (κ1) is 10.2. The Morgan fingerprint density at radius 3 is 2.73 bits per heavy atom. The zero-order valence-electron chi connectivity index (χ0n) is 9.49. The van der Waals surface area contributed by atoms with Gasteiger partial charge in [-0.1, -0.05) is 12.1 Å². The molecule has 2 aromatic rings. The van der Waals surface area contributed by atoms with Crippen LogP contribution in [0.1, 0.15) is 31.3 Å². The van der Waals surface area contributed by atoms with Gasteiger partial charge in [0, 0.05) is 6.04 Å². The highest BCUT2D eigenvalue weighted by molar-refractivity contribution is 5.79. The van der Waals surface area contributed by atoms with Crippen molar-refractivity contribution in [3.05, 3.63) is 29.6 Å². The molecule has 2 N–H and O–H groups in total. The monoisotopic (exact) mass is 203 g/mol. The van der Waals surface area contributed by atoms with Crippen LogP contribution in [0.15, 0.2) is 18.2 Å². The molecule has 0 amide bonds. The molecule has 2 rings (SSSR count). The molecule has 1 aromatic heterocycles. The van der Waals surface area contributed by atoms with Crippen LogP contribution < -0.4 is 5.73 Å². The largest absolute Gasteiger partial charge is 0.324 e. The molecule has 0 aliphatic heterocycles. The molecule has 3 nitrogen and oxygen atoms in total. The van der Waals surface area contributed by atoms with Gasteiger partial charge in [0.1, 0.15) is 5.82 Å². The Balaban J connectivity index is 2.82. The number of para-hydroxylation sites is 1. The zero-order chi connectivity index (χ0) is 11.0. The highest BCUT2D eigenvalue weighted by atomic mass is 15.1. The zero-order valence-corrected chi connectivity index (χ0v) is 9.49. The summed E-state index contributed by atoms with van der Waals surface area (Å²) < 4.78 is 2.23. The predicted octanol–water partition coefficient (Wildman–Crippen LogP) is 2.38. The SMILES string of the molecule is Cc1cccc2nc(CN)n(C(C)C)c12. The van der Waals surface area contributed by atoms with E-state index in [1.54, 1.807) is 0 Å². The first-order chi connectivity index (χ1) is 7.15. The Kier molecular flexibility index (Phi) is 2.49. The third-order valence-corrected chi connectivity index (χ3v) is 2.68. The van der Waals surface area contributed by atoms with E-state index in [9.17, 15) is 0 Å². The summed E-state index contributed by atoms with van der Waals surface area (Å²) in [7, 11) is 0. The maximum Gasteiger partial charge on any atom is 0.123 e. The number of hydrogen-bond donors (Lipinski definition) is 1. The van der Waals surface area contributed by atoms with Crippen LogP contribution in [0.2, 0.25) is 0 Å². The van der Waals surface area contributed by atoms with Crippen LogP contribution in [0, 0.1) is 6.92 Å². The number of benzene rings is 1. The molecule has 1 heterocycles. The second-order valence-corrected chi connectivity index (χ2v) is 4.14. The number of aryl methyl sites for hydroxylation is 1. The maximum atomic E-state index is 5.72. The molecule has 0 saturated carbocycles. The van der Waals surface area contributed by atoms with Crippen LogP contribution in [0.3, 0.4) is 0 Å². The lowest BCUT2D eigenvalue weighted by Gasteiger charge is -2.13. The second kappa shape index (κ2) is 3.66. The Hall–Kier alpha value is -1.35. The Labute approximate surface area is 89.9 Å². The summed E-state index contributed by atoms with van der Waals surface area (Å²) in [5.41, 5.74) is 9.24. The summed E-state index contributed by atoms with van der Waals surface area (Å²) in [5, 5.41) is 0. The average Bonchev–Trinajstić information content (AvgIpc) is 2.57. The van der Waals surface area contributed by atoms with Crippen molar-refractivity contribution in [3.63, 3.8) is 0 Å².